The number of fused-ring (bicyclic) bond motifs is 1. The van der Waals surface area contributed by atoms with Gasteiger partial charge in [-0.15, -0.1) is 11.1 Å². The van der Waals surface area contributed by atoms with E-state index in [2.05, 4.69) is 105 Å². The minimum Gasteiger partial charge on any atom is -0.127 e. The van der Waals surface area contributed by atoms with Crippen molar-refractivity contribution in [2.24, 2.45) is 0 Å². The van der Waals surface area contributed by atoms with Gasteiger partial charge in [-0.1, -0.05) is 81.5 Å². The maximum Gasteiger partial charge on any atom is 0.129 e. The van der Waals surface area contributed by atoms with E-state index in [1.165, 1.54) is 16.3 Å². The van der Waals surface area contributed by atoms with Crippen LogP contribution in [0.3, 0.4) is 0 Å². The molecule has 24 heavy (non-hydrogen) atoms. The van der Waals surface area contributed by atoms with Crippen LogP contribution in [0.1, 0.15) is 11.1 Å². The molecule has 2 aromatic carbocycles. The maximum atomic E-state index is 3.49. The van der Waals surface area contributed by atoms with Crippen molar-refractivity contribution in [3.05, 3.63) is 53.6 Å². The van der Waals surface area contributed by atoms with E-state index in [4.69, 9.17) is 0 Å². The van der Waals surface area contributed by atoms with Gasteiger partial charge < -0.3 is 0 Å². The monoisotopic (exact) mass is 346 g/mol. The van der Waals surface area contributed by atoms with Gasteiger partial charge in [-0.05, 0) is 29.2 Å². The summed E-state index contributed by atoms with van der Waals surface area (Å²) in [5.41, 5.74) is 9.18. The number of hydrogen-bond donors (Lipinski definition) is 0. The molecule has 0 aliphatic heterocycles. The highest BCUT2D eigenvalue weighted by atomic mass is 28.3. The molecule has 122 valence electrons. The van der Waals surface area contributed by atoms with Gasteiger partial charge in [0.1, 0.15) is 16.1 Å². The Labute approximate surface area is 149 Å². The van der Waals surface area contributed by atoms with E-state index < -0.39 is 16.1 Å². The highest BCUT2D eigenvalue weighted by Crippen LogP contribution is 2.24. The first-order valence-corrected chi connectivity index (χ1v) is 15.4. The van der Waals surface area contributed by atoms with Crippen molar-refractivity contribution < 1.29 is 0 Å². The lowest BCUT2D eigenvalue weighted by Gasteiger charge is -2.07. The van der Waals surface area contributed by atoms with Crippen LogP contribution in [0.5, 0.6) is 0 Å². The summed E-state index contributed by atoms with van der Waals surface area (Å²) in [7, 11) is -2.72. The molecule has 0 saturated heterocycles. The molecule has 0 heterocycles. The summed E-state index contributed by atoms with van der Waals surface area (Å²) in [6.07, 6.45) is 4.10. The zero-order valence-corrected chi connectivity index (χ0v) is 17.6. The Kier molecular flexibility index (Phi) is 5.55. The first-order valence-electron chi connectivity index (χ1n) is 8.40. The molecule has 2 heteroatoms. The van der Waals surface area contributed by atoms with Gasteiger partial charge in [0.15, 0.2) is 0 Å². The molecule has 0 amide bonds. The van der Waals surface area contributed by atoms with Crippen LogP contribution in [0.15, 0.2) is 42.5 Å². The molecule has 2 aromatic rings. The lowest BCUT2D eigenvalue weighted by atomic mass is 9.99. The van der Waals surface area contributed by atoms with E-state index in [0.717, 1.165) is 5.56 Å². The second kappa shape index (κ2) is 7.26. The third kappa shape index (κ3) is 5.57. The van der Waals surface area contributed by atoms with Crippen molar-refractivity contribution in [1.82, 2.24) is 0 Å². The molecular weight excluding hydrogens is 320 g/mol. The van der Waals surface area contributed by atoms with E-state index in [1.807, 2.05) is 6.08 Å². The summed E-state index contributed by atoms with van der Waals surface area (Å²) in [5, 5.41) is 2.47. The van der Waals surface area contributed by atoms with E-state index in [0.29, 0.717) is 0 Å². The fourth-order valence-electron chi connectivity index (χ4n) is 2.26. The van der Waals surface area contributed by atoms with Gasteiger partial charge in [0.25, 0.3) is 0 Å². The minimum atomic E-state index is -1.39. The Morgan fingerprint density at radius 2 is 1.42 bits per heavy atom. The molecule has 0 bridgehead atoms. The van der Waals surface area contributed by atoms with Gasteiger partial charge in [0.2, 0.25) is 0 Å². The molecule has 0 spiro atoms. The molecule has 0 N–H and O–H groups in total. The van der Waals surface area contributed by atoms with Crippen molar-refractivity contribution >= 4 is 33.0 Å². The quantitative estimate of drug-likeness (QED) is 0.441. The van der Waals surface area contributed by atoms with Crippen molar-refractivity contribution in [2.45, 2.75) is 39.3 Å². The Morgan fingerprint density at radius 3 is 2.04 bits per heavy atom. The van der Waals surface area contributed by atoms with Gasteiger partial charge in [0, 0.05) is 10.9 Å². The van der Waals surface area contributed by atoms with Crippen LogP contribution in [-0.2, 0) is 0 Å². The van der Waals surface area contributed by atoms with Gasteiger partial charge >= 0.3 is 0 Å². The van der Waals surface area contributed by atoms with Crippen molar-refractivity contribution in [3.8, 4) is 22.9 Å². The molecule has 0 saturated carbocycles. The molecule has 0 fully saturated rings. The maximum absolute atomic E-state index is 3.49. The number of hydrogen-bond acceptors (Lipinski definition) is 0. The third-order valence-corrected chi connectivity index (χ3v) is 5.07. The zero-order chi connectivity index (χ0) is 17.8. The Hall–Kier alpha value is -2.01. The van der Waals surface area contributed by atoms with Crippen LogP contribution in [0, 0.1) is 22.9 Å². The van der Waals surface area contributed by atoms with Crippen molar-refractivity contribution in [1.29, 1.82) is 0 Å². The van der Waals surface area contributed by atoms with Gasteiger partial charge in [-0.25, -0.2) is 0 Å². The average Bonchev–Trinajstić information content (AvgIpc) is 2.47. The Morgan fingerprint density at radius 1 is 0.792 bits per heavy atom. The summed E-state index contributed by atoms with van der Waals surface area (Å²) in [6.45, 7) is 13.6. The molecule has 0 nitrogen and oxygen atoms in total. The summed E-state index contributed by atoms with van der Waals surface area (Å²) in [5.74, 6) is 6.65. The number of allylic oxidation sites excluding steroid dienone is 1. The molecule has 0 aliphatic rings. The molecule has 0 atom stereocenters. The van der Waals surface area contributed by atoms with Gasteiger partial charge in [0.05, 0.1) is 0 Å². The van der Waals surface area contributed by atoms with Crippen molar-refractivity contribution in [3.63, 3.8) is 0 Å². The molecule has 0 radical (unpaired) electrons. The SMILES string of the molecule is C[Si](C)(C)C#C/C=C/c1cccc2cccc(C#C[Si](C)(C)C)c12. The van der Waals surface area contributed by atoms with Gasteiger partial charge in [-0.3, -0.25) is 0 Å². The lowest BCUT2D eigenvalue weighted by molar-refractivity contribution is 1.67. The Balaban J connectivity index is 2.52. The van der Waals surface area contributed by atoms with Crippen LogP contribution in [-0.4, -0.2) is 16.1 Å². The average molecular weight is 347 g/mol. The summed E-state index contributed by atoms with van der Waals surface area (Å²) >= 11 is 0. The fourth-order valence-corrected chi connectivity index (χ4v) is 3.28. The van der Waals surface area contributed by atoms with Crippen LogP contribution < -0.4 is 0 Å². The fraction of sp³-hybridized carbons (Fsp3) is 0.273. The molecule has 0 unspecified atom stereocenters. The predicted octanol–water partition coefficient (Wildman–Crippen LogP) is 5.96. The second-order valence-corrected chi connectivity index (χ2v) is 17.6. The molecular formula is C22H26Si2. The smallest absolute Gasteiger partial charge is 0.127 e. The molecule has 0 aromatic heterocycles. The highest BCUT2D eigenvalue weighted by molar-refractivity contribution is 6.84. The normalized spacial score (nSPS) is 11.8. The third-order valence-electron chi connectivity index (χ3n) is 3.30. The summed E-state index contributed by atoms with van der Waals surface area (Å²) in [6, 6.07) is 12.8. The summed E-state index contributed by atoms with van der Waals surface area (Å²) < 4.78 is 0. The van der Waals surface area contributed by atoms with E-state index in [1.54, 1.807) is 0 Å². The molecule has 0 aliphatic carbocycles. The Bertz CT molecular complexity index is 878. The van der Waals surface area contributed by atoms with Crippen LogP contribution in [0.25, 0.3) is 16.8 Å². The first-order chi connectivity index (χ1) is 11.2. The zero-order valence-electron chi connectivity index (χ0n) is 15.6. The van der Waals surface area contributed by atoms with E-state index in [-0.39, 0.29) is 0 Å². The second-order valence-electron chi connectivity index (χ2n) is 8.10. The van der Waals surface area contributed by atoms with Crippen LogP contribution >= 0.6 is 0 Å². The minimum absolute atomic E-state index is 1.12. The number of rotatable bonds is 1. The highest BCUT2D eigenvalue weighted by Gasteiger charge is 2.09. The van der Waals surface area contributed by atoms with E-state index >= 15 is 0 Å². The molecule has 2 rings (SSSR count). The number of benzene rings is 2. The van der Waals surface area contributed by atoms with Gasteiger partial charge in [-0.2, -0.15) is 0 Å². The largest absolute Gasteiger partial charge is 0.129 e. The predicted molar refractivity (Wildman–Crippen MR) is 114 cm³/mol. The van der Waals surface area contributed by atoms with Crippen molar-refractivity contribution in [2.75, 3.05) is 0 Å². The van der Waals surface area contributed by atoms with E-state index in [9.17, 15) is 0 Å². The summed E-state index contributed by atoms with van der Waals surface area (Å²) in [4.78, 5) is 0. The topological polar surface area (TPSA) is 0 Å². The van der Waals surface area contributed by atoms with Crippen LogP contribution in [0.2, 0.25) is 39.3 Å². The lowest BCUT2D eigenvalue weighted by Crippen LogP contribution is -2.16. The standard InChI is InChI=1S/C22H26Si2/c1-23(2,3)17-8-7-11-19-12-9-13-20-14-10-15-21(22(19)20)16-18-24(4,5)6/h7,9-15H,1-6H3/b11-7+. The van der Waals surface area contributed by atoms with Crippen LogP contribution in [0.4, 0.5) is 0 Å². The first kappa shape index (κ1) is 18.3.